The van der Waals surface area contributed by atoms with Crippen LogP contribution in [-0.4, -0.2) is 4.98 Å². The van der Waals surface area contributed by atoms with Crippen molar-refractivity contribution in [2.75, 3.05) is 0 Å². The summed E-state index contributed by atoms with van der Waals surface area (Å²) in [5.74, 6) is 0. The first-order chi connectivity index (χ1) is 7.25. The van der Waals surface area contributed by atoms with Crippen LogP contribution in [-0.2, 0) is 6.42 Å². The van der Waals surface area contributed by atoms with Crippen LogP contribution in [0.4, 0.5) is 0 Å². The van der Waals surface area contributed by atoms with Crippen LogP contribution in [0.15, 0.2) is 5.57 Å². The molecule has 86 valence electrons. The highest BCUT2D eigenvalue weighted by atomic mass is 32.1. The summed E-state index contributed by atoms with van der Waals surface area (Å²) >= 11 is 1.81. The van der Waals surface area contributed by atoms with Gasteiger partial charge < -0.3 is 0 Å². The second kappa shape index (κ2) is 7.63. The maximum Gasteiger partial charge on any atom is 0.0903 e. The van der Waals surface area contributed by atoms with E-state index in [0.717, 1.165) is 6.42 Å². The number of aryl methyl sites for hydroxylation is 2. The Morgan fingerprint density at radius 2 is 1.67 bits per heavy atom. The predicted octanol–water partition coefficient (Wildman–Crippen LogP) is 4.85. The standard InChI is InChI=1S/C9H11NS.2C2H6/c1-6-3-4-8-9(5-6)11-7(2)10-8;2*1-2/h5H,3-4H2,1-2H3;2*1-2H3. The van der Waals surface area contributed by atoms with E-state index in [1.54, 1.807) is 11.3 Å². The molecule has 1 heterocycles. The number of fused-ring (bicyclic) bond motifs is 1. The second-order valence-corrected chi connectivity index (χ2v) is 4.27. The first-order valence-corrected chi connectivity index (χ1v) is 6.71. The summed E-state index contributed by atoms with van der Waals surface area (Å²) < 4.78 is 0. The monoisotopic (exact) mass is 225 g/mol. The summed E-state index contributed by atoms with van der Waals surface area (Å²) in [5, 5.41) is 1.20. The Hall–Kier alpha value is -0.630. The summed E-state index contributed by atoms with van der Waals surface area (Å²) in [5.41, 5.74) is 2.79. The number of rotatable bonds is 0. The highest BCUT2D eigenvalue weighted by molar-refractivity contribution is 7.12. The van der Waals surface area contributed by atoms with Gasteiger partial charge >= 0.3 is 0 Å². The van der Waals surface area contributed by atoms with Gasteiger partial charge in [-0.1, -0.05) is 33.3 Å². The maximum absolute atomic E-state index is 4.46. The van der Waals surface area contributed by atoms with Gasteiger partial charge in [0.25, 0.3) is 0 Å². The molecule has 2 rings (SSSR count). The van der Waals surface area contributed by atoms with Crippen molar-refractivity contribution in [3.63, 3.8) is 0 Å². The average molecular weight is 225 g/mol. The van der Waals surface area contributed by atoms with Gasteiger partial charge in [-0.05, 0) is 32.8 Å². The first kappa shape index (κ1) is 14.4. The van der Waals surface area contributed by atoms with Crippen LogP contribution in [0.2, 0.25) is 0 Å². The molecule has 0 atom stereocenters. The summed E-state index contributed by atoms with van der Waals surface area (Å²) in [4.78, 5) is 5.84. The van der Waals surface area contributed by atoms with E-state index >= 15 is 0 Å². The fourth-order valence-electron chi connectivity index (χ4n) is 1.39. The van der Waals surface area contributed by atoms with Crippen molar-refractivity contribution in [1.29, 1.82) is 0 Å². The Morgan fingerprint density at radius 1 is 1.07 bits per heavy atom. The highest BCUT2D eigenvalue weighted by Gasteiger charge is 2.11. The third-order valence-electron chi connectivity index (χ3n) is 1.97. The summed E-state index contributed by atoms with van der Waals surface area (Å²) in [6.45, 7) is 12.3. The summed E-state index contributed by atoms with van der Waals surface area (Å²) in [6, 6.07) is 0. The lowest BCUT2D eigenvalue weighted by Gasteiger charge is -2.06. The van der Waals surface area contributed by atoms with E-state index in [1.807, 2.05) is 27.7 Å². The van der Waals surface area contributed by atoms with Crippen molar-refractivity contribution in [3.05, 3.63) is 21.2 Å². The smallest absolute Gasteiger partial charge is 0.0903 e. The van der Waals surface area contributed by atoms with E-state index in [1.165, 1.54) is 27.6 Å². The molecule has 1 nitrogen and oxygen atoms in total. The molecule has 1 aromatic heterocycles. The number of nitrogens with zero attached hydrogens (tertiary/aromatic N) is 1. The molecule has 0 radical (unpaired) electrons. The topological polar surface area (TPSA) is 12.9 Å². The van der Waals surface area contributed by atoms with E-state index in [0.29, 0.717) is 0 Å². The summed E-state index contributed by atoms with van der Waals surface area (Å²) in [7, 11) is 0. The van der Waals surface area contributed by atoms with Crippen LogP contribution >= 0.6 is 11.3 Å². The van der Waals surface area contributed by atoms with Crippen molar-refractivity contribution in [3.8, 4) is 0 Å². The zero-order chi connectivity index (χ0) is 11.8. The van der Waals surface area contributed by atoms with Gasteiger partial charge in [-0.2, -0.15) is 0 Å². The zero-order valence-electron chi connectivity index (χ0n) is 10.8. The van der Waals surface area contributed by atoms with Gasteiger partial charge in [0, 0.05) is 0 Å². The molecular weight excluding hydrogens is 202 g/mol. The van der Waals surface area contributed by atoms with Crippen molar-refractivity contribution < 1.29 is 0 Å². The molecule has 0 aliphatic heterocycles. The fourth-order valence-corrected chi connectivity index (χ4v) is 2.39. The Bertz CT molecular complexity index is 310. The number of aromatic nitrogens is 1. The second-order valence-electron chi connectivity index (χ2n) is 3.03. The molecule has 0 amide bonds. The third-order valence-corrected chi connectivity index (χ3v) is 2.93. The lowest BCUT2D eigenvalue weighted by molar-refractivity contribution is 0.894. The maximum atomic E-state index is 4.46. The van der Waals surface area contributed by atoms with Crippen molar-refractivity contribution in [2.24, 2.45) is 0 Å². The van der Waals surface area contributed by atoms with Crippen LogP contribution in [0.5, 0.6) is 0 Å². The fraction of sp³-hybridized carbons (Fsp3) is 0.615. The van der Waals surface area contributed by atoms with E-state index < -0.39 is 0 Å². The van der Waals surface area contributed by atoms with E-state index in [4.69, 9.17) is 0 Å². The molecule has 0 aromatic carbocycles. The first-order valence-electron chi connectivity index (χ1n) is 5.89. The number of allylic oxidation sites excluding steroid dienone is 1. The SMILES string of the molecule is CC.CC.CC1=Cc2sc(C)nc2CC1. The quantitative estimate of drug-likeness (QED) is 0.615. The molecule has 1 aromatic rings. The molecule has 0 unspecified atom stereocenters. The van der Waals surface area contributed by atoms with Gasteiger partial charge in [0.05, 0.1) is 15.6 Å². The van der Waals surface area contributed by atoms with Crippen LogP contribution in [0.1, 0.15) is 56.6 Å². The molecule has 1 aliphatic rings. The minimum Gasteiger partial charge on any atom is -0.246 e. The largest absolute Gasteiger partial charge is 0.246 e. The number of hydrogen-bond acceptors (Lipinski definition) is 2. The molecule has 0 bridgehead atoms. The van der Waals surface area contributed by atoms with Gasteiger partial charge in [0.1, 0.15) is 0 Å². The molecule has 1 aliphatic carbocycles. The molecule has 15 heavy (non-hydrogen) atoms. The lowest BCUT2D eigenvalue weighted by atomic mass is 10.0. The minimum atomic E-state index is 1.14. The van der Waals surface area contributed by atoms with Gasteiger partial charge in [-0.25, -0.2) is 4.98 Å². The normalized spacial score (nSPS) is 12.5. The van der Waals surface area contributed by atoms with Crippen LogP contribution in [0.3, 0.4) is 0 Å². The Morgan fingerprint density at radius 3 is 2.27 bits per heavy atom. The molecular formula is C13H23NS. The van der Waals surface area contributed by atoms with Gasteiger partial charge in [0.15, 0.2) is 0 Å². The molecule has 0 spiro atoms. The molecule has 0 N–H and O–H groups in total. The molecule has 0 fully saturated rings. The van der Waals surface area contributed by atoms with Gasteiger partial charge in [-0.15, -0.1) is 11.3 Å². The lowest BCUT2D eigenvalue weighted by Crippen LogP contribution is -1.94. The minimum absolute atomic E-state index is 1.14. The van der Waals surface area contributed by atoms with Crippen molar-refractivity contribution in [2.45, 2.75) is 54.4 Å². The number of thiazole rings is 1. The van der Waals surface area contributed by atoms with Gasteiger partial charge in [0.2, 0.25) is 0 Å². The average Bonchev–Trinajstić information content (AvgIpc) is 2.63. The zero-order valence-corrected chi connectivity index (χ0v) is 11.7. The van der Waals surface area contributed by atoms with Crippen LogP contribution in [0, 0.1) is 6.92 Å². The Labute approximate surface area is 98.3 Å². The van der Waals surface area contributed by atoms with Crippen LogP contribution < -0.4 is 0 Å². The van der Waals surface area contributed by atoms with E-state index in [-0.39, 0.29) is 0 Å². The predicted molar refractivity (Wildman–Crippen MR) is 71.5 cm³/mol. The van der Waals surface area contributed by atoms with E-state index in [9.17, 15) is 0 Å². The third kappa shape index (κ3) is 4.17. The van der Waals surface area contributed by atoms with Crippen LogP contribution in [0.25, 0.3) is 6.08 Å². The van der Waals surface area contributed by atoms with E-state index in [2.05, 4.69) is 24.9 Å². The molecule has 0 saturated heterocycles. The Kier molecular flexibility index (Phi) is 7.31. The van der Waals surface area contributed by atoms with Crippen molar-refractivity contribution in [1.82, 2.24) is 4.98 Å². The van der Waals surface area contributed by atoms with Gasteiger partial charge in [-0.3, -0.25) is 0 Å². The number of hydrogen-bond donors (Lipinski definition) is 0. The molecule has 2 heteroatoms. The van der Waals surface area contributed by atoms with Crippen molar-refractivity contribution >= 4 is 17.4 Å². The molecule has 0 saturated carbocycles. The summed E-state index contributed by atoms with van der Waals surface area (Å²) in [6.07, 6.45) is 4.60. The highest BCUT2D eigenvalue weighted by Crippen LogP contribution is 2.27. The Balaban J connectivity index is 0.000000442.